The van der Waals surface area contributed by atoms with E-state index in [9.17, 15) is 0 Å². The molecule has 0 spiro atoms. The van der Waals surface area contributed by atoms with Gasteiger partial charge in [-0.2, -0.15) is 0 Å². The minimum absolute atomic E-state index is 0.768. The SMILES string of the molecule is COc1ccc(CN2CCN(c3ncnc4ccsc34)CC2)cc1OC. The molecule has 4 rings (SSSR count). The molecule has 6 nitrogen and oxygen atoms in total. The number of piperazine rings is 1. The Morgan fingerprint density at radius 1 is 1.00 bits per heavy atom. The third kappa shape index (κ3) is 3.32. The molecule has 1 saturated heterocycles. The normalized spacial score (nSPS) is 15.4. The van der Waals surface area contributed by atoms with E-state index in [4.69, 9.17) is 9.47 Å². The van der Waals surface area contributed by atoms with Gasteiger partial charge in [-0.15, -0.1) is 11.3 Å². The van der Waals surface area contributed by atoms with Crippen molar-refractivity contribution in [3.63, 3.8) is 0 Å². The lowest BCUT2D eigenvalue weighted by Crippen LogP contribution is -2.46. The third-order valence-corrected chi connectivity index (χ3v) is 5.65. The summed E-state index contributed by atoms with van der Waals surface area (Å²) >= 11 is 1.71. The zero-order valence-corrected chi connectivity index (χ0v) is 15.8. The van der Waals surface area contributed by atoms with E-state index in [1.54, 1.807) is 31.9 Å². The maximum atomic E-state index is 5.41. The van der Waals surface area contributed by atoms with Gasteiger partial charge in [-0.05, 0) is 29.1 Å². The summed E-state index contributed by atoms with van der Waals surface area (Å²) in [5, 5.41) is 2.08. The molecule has 0 amide bonds. The largest absolute Gasteiger partial charge is 0.493 e. The molecule has 2 aromatic heterocycles. The number of nitrogens with zero attached hydrogens (tertiary/aromatic N) is 4. The molecule has 0 bridgehead atoms. The molecule has 3 heterocycles. The first-order chi connectivity index (χ1) is 12.8. The number of anilines is 1. The topological polar surface area (TPSA) is 50.7 Å². The average Bonchev–Trinajstić information content (AvgIpc) is 3.17. The van der Waals surface area contributed by atoms with Gasteiger partial charge >= 0.3 is 0 Å². The lowest BCUT2D eigenvalue weighted by Gasteiger charge is -2.35. The van der Waals surface area contributed by atoms with E-state index < -0.39 is 0 Å². The van der Waals surface area contributed by atoms with Crippen LogP contribution >= 0.6 is 11.3 Å². The van der Waals surface area contributed by atoms with E-state index >= 15 is 0 Å². The van der Waals surface area contributed by atoms with E-state index in [0.717, 1.165) is 55.6 Å². The molecule has 0 radical (unpaired) electrons. The second kappa shape index (κ2) is 7.47. The number of aromatic nitrogens is 2. The van der Waals surface area contributed by atoms with E-state index in [-0.39, 0.29) is 0 Å². The number of methoxy groups -OCH3 is 2. The zero-order valence-electron chi connectivity index (χ0n) is 15.0. The van der Waals surface area contributed by atoms with Gasteiger partial charge in [-0.25, -0.2) is 9.97 Å². The van der Waals surface area contributed by atoms with E-state index in [1.807, 2.05) is 6.07 Å². The van der Waals surface area contributed by atoms with Crippen LogP contribution in [0.5, 0.6) is 11.5 Å². The number of ether oxygens (including phenoxy) is 2. The second-order valence-corrected chi connectivity index (χ2v) is 7.20. The van der Waals surface area contributed by atoms with Crippen LogP contribution in [-0.2, 0) is 6.54 Å². The smallest absolute Gasteiger partial charge is 0.161 e. The van der Waals surface area contributed by atoms with Crippen LogP contribution in [-0.4, -0.2) is 55.3 Å². The zero-order chi connectivity index (χ0) is 17.9. The van der Waals surface area contributed by atoms with Crippen molar-refractivity contribution in [1.82, 2.24) is 14.9 Å². The number of rotatable bonds is 5. The highest BCUT2D eigenvalue weighted by molar-refractivity contribution is 7.17. The van der Waals surface area contributed by atoms with Crippen LogP contribution in [0.3, 0.4) is 0 Å². The Kier molecular flexibility index (Phi) is 4.90. The standard InChI is InChI=1S/C19H22N4O2S/c1-24-16-4-3-14(11-17(16)25-2)12-22-6-8-23(9-7-22)19-18-15(5-10-26-18)20-13-21-19/h3-5,10-11,13H,6-9,12H2,1-2H3. The molecule has 0 aliphatic carbocycles. The van der Waals surface area contributed by atoms with Crippen LogP contribution in [0, 0.1) is 0 Å². The van der Waals surface area contributed by atoms with Crippen LogP contribution < -0.4 is 14.4 Å². The molecule has 136 valence electrons. The van der Waals surface area contributed by atoms with Crippen LogP contribution in [0.2, 0.25) is 0 Å². The first-order valence-electron chi connectivity index (χ1n) is 8.65. The van der Waals surface area contributed by atoms with Gasteiger partial charge in [0.15, 0.2) is 11.5 Å². The van der Waals surface area contributed by atoms with Crippen molar-refractivity contribution in [2.75, 3.05) is 45.3 Å². The summed E-state index contributed by atoms with van der Waals surface area (Å²) in [6.45, 7) is 4.86. The van der Waals surface area contributed by atoms with Crippen molar-refractivity contribution in [3.05, 3.63) is 41.5 Å². The predicted octanol–water partition coefficient (Wildman–Crippen LogP) is 3.03. The molecule has 0 atom stereocenters. The summed E-state index contributed by atoms with van der Waals surface area (Å²) in [7, 11) is 3.34. The predicted molar refractivity (Wildman–Crippen MR) is 104 cm³/mol. The molecule has 0 unspecified atom stereocenters. The van der Waals surface area contributed by atoms with Crippen molar-refractivity contribution in [2.24, 2.45) is 0 Å². The molecule has 1 aliphatic rings. The fourth-order valence-electron chi connectivity index (χ4n) is 3.36. The Hall–Kier alpha value is -2.38. The van der Waals surface area contributed by atoms with Gasteiger partial charge < -0.3 is 14.4 Å². The Bertz CT molecular complexity index is 890. The molecule has 1 aromatic carbocycles. The van der Waals surface area contributed by atoms with E-state index in [0.29, 0.717) is 0 Å². The molecular weight excluding hydrogens is 348 g/mol. The molecule has 7 heteroatoms. The Morgan fingerprint density at radius 3 is 2.58 bits per heavy atom. The number of hydrogen-bond acceptors (Lipinski definition) is 7. The van der Waals surface area contributed by atoms with Crippen molar-refractivity contribution in [3.8, 4) is 11.5 Å². The first kappa shape index (κ1) is 17.1. The summed E-state index contributed by atoms with van der Waals surface area (Å²) in [5.41, 5.74) is 2.27. The van der Waals surface area contributed by atoms with Crippen molar-refractivity contribution >= 4 is 27.4 Å². The first-order valence-corrected chi connectivity index (χ1v) is 9.53. The number of fused-ring (bicyclic) bond motifs is 1. The summed E-state index contributed by atoms with van der Waals surface area (Å²) in [6.07, 6.45) is 1.67. The van der Waals surface area contributed by atoms with Crippen LogP contribution in [0.4, 0.5) is 5.82 Å². The molecular formula is C19H22N4O2S. The molecule has 0 saturated carbocycles. The van der Waals surface area contributed by atoms with Crippen molar-refractivity contribution < 1.29 is 9.47 Å². The quantitative estimate of drug-likeness (QED) is 0.688. The van der Waals surface area contributed by atoms with Crippen LogP contribution in [0.25, 0.3) is 10.2 Å². The highest BCUT2D eigenvalue weighted by Crippen LogP contribution is 2.30. The minimum atomic E-state index is 0.768. The maximum absolute atomic E-state index is 5.41. The molecule has 26 heavy (non-hydrogen) atoms. The molecule has 1 fully saturated rings. The van der Waals surface area contributed by atoms with E-state index in [1.165, 1.54) is 10.3 Å². The molecule has 3 aromatic rings. The lowest BCUT2D eigenvalue weighted by molar-refractivity contribution is 0.249. The summed E-state index contributed by atoms with van der Waals surface area (Å²) in [6, 6.07) is 8.19. The summed E-state index contributed by atoms with van der Waals surface area (Å²) in [4.78, 5) is 13.7. The minimum Gasteiger partial charge on any atom is -0.493 e. The highest BCUT2D eigenvalue weighted by atomic mass is 32.1. The van der Waals surface area contributed by atoms with Crippen molar-refractivity contribution in [1.29, 1.82) is 0 Å². The van der Waals surface area contributed by atoms with Gasteiger partial charge in [0.05, 0.1) is 24.4 Å². The van der Waals surface area contributed by atoms with Crippen LogP contribution in [0.15, 0.2) is 36.0 Å². The summed E-state index contributed by atoms with van der Waals surface area (Å²) in [5.74, 6) is 2.62. The molecule has 0 N–H and O–H groups in total. The second-order valence-electron chi connectivity index (χ2n) is 6.28. The highest BCUT2D eigenvalue weighted by Gasteiger charge is 2.20. The maximum Gasteiger partial charge on any atom is 0.161 e. The fraction of sp³-hybridized carbons (Fsp3) is 0.368. The molecule has 1 aliphatic heterocycles. The Balaban J connectivity index is 1.42. The van der Waals surface area contributed by atoms with Gasteiger partial charge in [-0.1, -0.05) is 6.07 Å². The fourth-order valence-corrected chi connectivity index (χ4v) is 4.22. The van der Waals surface area contributed by atoms with E-state index in [2.05, 4.69) is 43.3 Å². The number of hydrogen-bond donors (Lipinski definition) is 0. The Morgan fingerprint density at radius 2 is 1.81 bits per heavy atom. The summed E-state index contributed by atoms with van der Waals surface area (Å²) < 4.78 is 11.9. The number of benzene rings is 1. The van der Waals surface area contributed by atoms with Gasteiger partial charge in [0.2, 0.25) is 0 Å². The van der Waals surface area contributed by atoms with Crippen molar-refractivity contribution in [2.45, 2.75) is 6.54 Å². The van der Waals surface area contributed by atoms with Gasteiger partial charge in [-0.3, -0.25) is 4.90 Å². The third-order valence-electron chi connectivity index (χ3n) is 4.75. The average molecular weight is 370 g/mol. The van der Waals surface area contributed by atoms with Gasteiger partial charge in [0.25, 0.3) is 0 Å². The van der Waals surface area contributed by atoms with Gasteiger partial charge in [0.1, 0.15) is 12.1 Å². The monoisotopic (exact) mass is 370 g/mol. The lowest BCUT2D eigenvalue weighted by atomic mass is 10.1. The Labute approximate surface area is 157 Å². The number of thiophene rings is 1. The van der Waals surface area contributed by atoms with Gasteiger partial charge in [0, 0.05) is 32.7 Å². The van der Waals surface area contributed by atoms with Crippen LogP contribution in [0.1, 0.15) is 5.56 Å².